The molecular weight excluding hydrogens is 567 g/mol. The second-order valence-corrected chi connectivity index (χ2v) is 11.7. The number of halogens is 3. The maximum absolute atomic E-state index is 14.2. The molecule has 43 heavy (non-hydrogen) atoms. The summed E-state index contributed by atoms with van der Waals surface area (Å²) in [6, 6.07) is 6.09. The minimum atomic E-state index is -4.92. The van der Waals surface area contributed by atoms with Crippen LogP contribution in [0.4, 0.5) is 13.2 Å². The van der Waals surface area contributed by atoms with Gasteiger partial charge in [0.2, 0.25) is 5.60 Å². The molecule has 246 valence electrons. The van der Waals surface area contributed by atoms with E-state index in [0.29, 0.717) is 37.4 Å². The molecule has 0 heterocycles. The van der Waals surface area contributed by atoms with Crippen molar-refractivity contribution in [2.24, 2.45) is 23.5 Å². The predicted octanol–water partition coefficient (Wildman–Crippen LogP) is 4.22. The van der Waals surface area contributed by atoms with Gasteiger partial charge in [0.1, 0.15) is 5.75 Å². The molecule has 0 saturated heterocycles. The first kappa shape index (κ1) is 36.8. The van der Waals surface area contributed by atoms with E-state index in [2.05, 4.69) is 10.6 Å². The molecule has 0 aromatic heterocycles. The molecule has 1 aliphatic rings. The van der Waals surface area contributed by atoms with E-state index in [1.807, 2.05) is 13.8 Å². The summed E-state index contributed by atoms with van der Waals surface area (Å²) >= 11 is 0. The zero-order chi connectivity index (χ0) is 32.0. The lowest BCUT2D eigenvalue weighted by atomic mass is 9.75. The molecule has 0 radical (unpaired) electrons. The van der Waals surface area contributed by atoms with Crippen LogP contribution in [0.15, 0.2) is 24.3 Å². The lowest BCUT2D eigenvalue weighted by Gasteiger charge is -2.41. The van der Waals surface area contributed by atoms with Gasteiger partial charge < -0.3 is 35.7 Å². The van der Waals surface area contributed by atoms with Crippen LogP contribution in [0, 0.1) is 17.8 Å². The number of rotatable bonds is 18. The lowest BCUT2D eigenvalue weighted by molar-refractivity contribution is -0.279. The molecular formula is C31H50F3N3O6. The van der Waals surface area contributed by atoms with Gasteiger partial charge in [-0.1, -0.05) is 45.2 Å². The Morgan fingerprint density at radius 3 is 2.28 bits per heavy atom. The highest BCUT2D eigenvalue weighted by Crippen LogP contribution is 2.45. The standard InChI is InChI=1S/C31H50F3N3O6/c1-21(2)22(19-36-28(39)24-14-8-9-15-27(24)43-17-11-10-16-41-3)18-25(35)26(38)20-37-29(40)30(42-4,31(32,33)34)23-12-6-5-7-13-23/h8-9,14-15,21-23,25-26,38H,5-7,10-13,16-20,35H2,1-4H3,(H,36,39)(H,37,40)/t22?,25?,26?,30-/m1/s1. The van der Waals surface area contributed by atoms with Gasteiger partial charge in [0.25, 0.3) is 11.8 Å². The van der Waals surface area contributed by atoms with Gasteiger partial charge in [-0.25, -0.2) is 0 Å². The third kappa shape index (κ3) is 10.3. The number of benzene rings is 1. The van der Waals surface area contributed by atoms with Crippen molar-refractivity contribution in [3.8, 4) is 5.75 Å². The number of nitrogens with two attached hydrogens (primary N) is 1. The molecule has 2 amide bonds. The van der Waals surface area contributed by atoms with Crippen LogP contribution in [0.3, 0.4) is 0 Å². The van der Waals surface area contributed by atoms with Crippen LogP contribution in [0.5, 0.6) is 5.75 Å². The van der Waals surface area contributed by atoms with Crippen LogP contribution in [0.25, 0.3) is 0 Å². The van der Waals surface area contributed by atoms with Gasteiger partial charge in [0.15, 0.2) is 0 Å². The highest BCUT2D eigenvalue weighted by Gasteiger charge is 2.65. The van der Waals surface area contributed by atoms with Crippen LogP contribution in [0.1, 0.15) is 75.6 Å². The molecule has 1 fully saturated rings. The number of aliphatic hydroxyl groups is 1. The Hall–Kier alpha value is -2.41. The SMILES string of the molecule is COCCCCOc1ccccc1C(=O)NCC(CC(N)C(O)CNC(=O)[C@](OC)(C1CCCCC1)C(F)(F)F)C(C)C. The fourth-order valence-corrected chi connectivity index (χ4v) is 5.64. The monoisotopic (exact) mass is 617 g/mol. The van der Waals surface area contributed by atoms with E-state index in [9.17, 15) is 27.9 Å². The van der Waals surface area contributed by atoms with Crippen LogP contribution < -0.4 is 21.1 Å². The molecule has 0 spiro atoms. The maximum Gasteiger partial charge on any atom is 0.426 e. The predicted molar refractivity (Wildman–Crippen MR) is 158 cm³/mol. The molecule has 3 unspecified atom stereocenters. The van der Waals surface area contributed by atoms with Gasteiger partial charge in [-0.15, -0.1) is 0 Å². The molecule has 4 atom stereocenters. The molecule has 9 nitrogen and oxygen atoms in total. The Kier molecular flexibility index (Phi) is 15.2. The summed E-state index contributed by atoms with van der Waals surface area (Å²) in [6.45, 7) is 4.78. The van der Waals surface area contributed by atoms with Crippen LogP contribution in [0.2, 0.25) is 0 Å². The molecule has 5 N–H and O–H groups in total. The highest BCUT2D eigenvalue weighted by atomic mass is 19.4. The normalized spacial score (nSPS) is 18.0. The summed E-state index contributed by atoms with van der Waals surface area (Å²) in [5.74, 6) is -2.24. The van der Waals surface area contributed by atoms with Crippen molar-refractivity contribution >= 4 is 11.8 Å². The maximum atomic E-state index is 14.2. The zero-order valence-electron chi connectivity index (χ0n) is 25.9. The first-order valence-electron chi connectivity index (χ1n) is 15.2. The van der Waals surface area contributed by atoms with Gasteiger partial charge in [-0.2, -0.15) is 13.2 Å². The van der Waals surface area contributed by atoms with Crippen molar-refractivity contribution in [1.82, 2.24) is 10.6 Å². The summed E-state index contributed by atoms with van der Waals surface area (Å²) in [5.41, 5.74) is 3.66. The smallest absolute Gasteiger partial charge is 0.426 e. The molecule has 1 aliphatic carbocycles. The second-order valence-electron chi connectivity index (χ2n) is 11.7. The number of carbonyl (C=O) groups excluding carboxylic acids is 2. The number of hydrogen-bond donors (Lipinski definition) is 4. The number of hydrogen-bond acceptors (Lipinski definition) is 7. The average molecular weight is 618 g/mol. The van der Waals surface area contributed by atoms with Crippen LogP contribution in [-0.2, 0) is 14.3 Å². The number of nitrogens with one attached hydrogen (secondary N) is 2. The summed E-state index contributed by atoms with van der Waals surface area (Å²) in [7, 11) is 2.54. The van der Waals surface area contributed by atoms with E-state index in [4.69, 9.17) is 19.9 Å². The fourth-order valence-electron chi connectivity index (χ4n) is 5.64. The second kappa shape index (κ2) is 17.8. The van der Waals surface area contributed by atoms with Gasteiger partial charge in [-0.3, -0.25) is 9.59 Å². The molecule has 1 aromatic rings. The number of carbonyl (C=O) groups is 2. The number of amides is 2. The molecule has 1 aromatic carbocycles. The van der Waals surface area contributed by atoms with Crippen LogP contribution in [-0.4, -0.2) is 81.4 Å². The third-order valence-corrected chi connectivity index (χ3v) is 8.40. The third-order valence-electron chi connectivity index (χ3n) is 8.40. The number of unbranched alkanes of at least 4 members (excludes halogenated alkanes) is 1. The van der Waals surface area contributed by atoms with Crippen molar-refractivity contribution in [2.45, 2.75) is 89.1 Å². The van der Waals surface area contributed by atoms with Crippen molar-refractivity contribution in [2.75, 3.05) is 40.5 Å². The Balaban J connectivity index is 1.96. The molecule has 12 heteroatoms. The molecule has 0 aliphatic heterocycles. The van der Waals surface area contributed by atoms with E-state index >= 15 is 0 Å². The van der Waals surface area contributed by atoms with E-state index in [-0.39, 0.29) is 43.6 Å². The highest BCUT2D eigenvalue weighted by molar-refractivity contribution is 5.96. The average Bonchev–Trinajstić information content (AvgIpc) is 2.98. The van der Waals surface area contributed by atoms with Crippen molar-refractivity contribution in [3.63, 3.8) is 0 Å². The summed E-state index contributed by atoms with van der Waals surface area (Å²) < 4.78 is 58.5. The summed E-state index contributed by atoms with van der Waals surface area (Å²) in [4.78, 5) is 26.0. The number of para-hydroxylation sites is 1. The van der Waals surface area contributed by atoms with E-state index in [1.54, 1.807) is 31.4 Å². The Labute approximate surface area is 253 Å². The molecule has 1 saturated carbocycles. The quantitative estimate of drug-likeness (QED) is 0.182. The first-order chi connectivity index (χ1) is 20.4. The van der Waals surface area contributed by atoms with E-state index < -0.39 is 42.3 Å². The summed E-state index contributed by atoms with van der Waals surface area (Å²) in [6.07, 6.45) is -1.88. The zero-order valence-corrected chi connectivity index (χ0v) is 25.9. The topological polar surface area (TPSA) is 132 Å². The van der Waals surface area contributed by atoms with Crippen molar-refractivity contribution < 1.29 is 42.1 Å². The fraction of sp³-hybridized carbons (Fsp3) is 0.742. The minimum absolute atomic E-state index is 0.0677. The van der Waals surface area contributed by atoms with Crippen molar-refractivity contribution in [1.29, 1.82) is 0 Å². The van der Waals surface area contributed by atoms with Crippen LogP contribution >= 0.6 is 0 Å². The Morgan fingerprint density at radius 1 is 1.02 bits per heavy atom. The number of aliphatic hydroxyl groups excluding tert-OH is 1. The van der Waals surface area contributed by atoms with Gasteiger partial charge >= 0.3 is 6.18 Å². The molecule has 2 rings (SSSR count). The number of methoxy groups -OCH3 is 2. The Bertz CT molecular complexity index is 990. The number of alkyl halides is 3. The van der Waals surface area contributed by atoms with Gasteiger partial charge in [0, 0.05) is 45.9 Å². The summed E-state index contributed by atoms with van der Waals surface area (Å²) in [5, 5.41) is 15.9. The minimum Gasteiger partial charge on any atom is -0.493 e. The lowest BCUT2D eigenvalue weighted by Crippen LogP contribution is -2.64. The van der Waals surface area contributed by atoms with E-state index in [1.165, 1.54) is 0 Å². The van der Waals surface area contributed by atoms with E-state index in [0.717, 1.165) is 26.4 Å². The van der Waals surface area contributed by atoms with Crippen molar-refractivity contribution in [3.05, 3.63) is 29.8 Å². The van der Waals surface area contributed by atoms with Gasteiger partial charge in [-0.05, 0) is 56.1 Å². The largest absolute Gasteiger partial charge is 0.493 e. The first-order valence-corrected chi connectivity index (χ1v) is 15.2. The number of ether oxygens (including phenoxy) is 3. The molecule has 0 bridgehead atoms. The van der Waals surface area contributed by atoms with Gasteiger partial charge in [0.05, 0.1) is 18.3 Å². The Morgan fingerprint density at radius 2 is 1.67 bits per heavy atom.